The number of alkyl halides is 3. The maximum Gasteiger partial charge on any atom is 0.416 e. The standard InChI is InChI=1S/C14H15F3N2O/c1-9(18)6-12-8-19-13(20-12)7-10-2-4-11(5-3-10)14(15,16)17/h2-5,8-9H,6-7,18H2,1H3. The lowest BCUT2D eigenvalue weighted by atomic mass is 10.1. The second-order valence-corrected chi connectivity index (χ2v) is 4.77. The summed E-state index contributed by atoms with van der Waals surface area (Å²) in [6.45, 7) is 1.86. The highest BCUT2D eigenvalue weighted by Crippen LogP contribution is 2.29. The predicted octanol–water partition coefficient (Wildman–Crippen LogP) is 3.17. The Kier molecular flexibility index (Phi) is 4.13. The summed E-state index contributed by atoms with van der Waals surface area (Å²) < 4.78 is 42.8. The normalized spacial score (nSPS) is 13.4. The molecule has 0 aliphatic heterocycles. The third-order valence-electron chi connectivity index (χ3n) is 2.76. The molecule has 1 atom stereocenters. The van der Waals surface area contributed by atoms with Crippen molar-refractivity contribution in [3.8, 4) is 0 Å². The molecule has 20 heavy (non-hydrogen) atoms. The fraction of sp³-hybridized carbons (Fsp3) is 0.357. The third-order valence-corrected chi connectivity index (χ3v) is 2.76. The maximum atomic E-state index is 12.4. The van der Waals surface area contributed by atoms with Crippen LogP contribution in [-0.4, -0.2) is 11.0 Å². The molecule has 0 saturated heterocycles. The molecule has 0 spiro atoms. The van der Waals surface area contributed by atoms with Gasteiger partial charge in [0, 0.05) is 18.9 Å². The molecule has 108 valence electrons. The number of nitrogens with zero attached hydrogens (tertiary/aromatic N) is 1. The molecule has 0 aliphatic rings. The molecule has 6 heteroatoms. The summed E-state index contributed by atoms with van der Waals surface area (Å²) in [5.41, 5.74) is 5.70. The van der Waals surface area contributed by atoms with Crippen molar-refractivity contribution in [3.63, 3.8) is 0 Å². The Balaban J connectivity index is 2.05. The summed E-state index contributed by atoms with van der Waals surface area (Å²) in [6.07, 6.45) is -1.77. The number of rotatable bonds is 4. The number of hydrogen-bond acceptors (Lipinski definition) is 3. The van der Waals surface area contributed by atoms with Gasteiger partial charge in [0.25, 0.3) is 0 Å². The lowest BCUT2D eigenvalue weighted by Crippen LogP contribution is -2.17. The van der Waals surface area contributed by atoms with Crippen LogP contribution in [0.3, 0.4) is 0 Å². The van der Waals surface area contributed by atoms with Crippen molar-refractivity contribution in [2.45, 2.75) is 32.0 Å². The van der Waals surface area contributed by atoms with Gasteiger partial charge >= 0.3 is 6.18 Å². The van der Waals surface area contributed by atoms with Gasteiger partial charge in [0.05, 0.1) is 11.8 Å². The first-order chi connectivity index (χ1) is 9.34. The molecule has 0 amide bonds. The van der Waals surface area contributed by atoms with Crippen molar-refractivity contribution >= 4 is 0 Å². The van der Waals surface area contributed by atoms with E-state index in [4.69, 9.17) is 10.2 Å². The molecule has 3 nitrogen and oxygen atoms in total. The Morgan fingerprint density at radius 1 is 1.25 bits per heavy atom. The van der Waals surface area contributed by atoms with Crippen LogP contribution < -0.4 is 5.73 Å². The summed E-state index contributed by atoms with van der Waals surface area (Å²) in [6, 6.07) is 4.94. The quantitative estimate of drug-likeness (QED) is 0.938. The van der Waals surface area contributed by atoms with Crippen LogP contribution in [0.2, 0.25) is 0 Å². The van der Waals surface area contributed by atoms with Crippen LogP contribution in [0, 0.1) is 0 Å². The van der Waals surface area contributed by atoms with Gasteiger partial charge in [0.1, 0.15) is 5.76 Å². The van der Waals surface area contributed by atoms with E-state index in [-0.39, 0.29) is 6.04 Å². The minimum Gasteiger partial charge on any atom is -0.445 e. The van der Waals surface area contributed by atoms with E-state index in [2.05, 4.69) is 4.98 Å². The van der Waals surface area contributed by atoms with Gasteiger partial charge in [-0.15, -0.1) is 0 Å². The molecule has 2 rings (SSSR count). The second-order valence-electron chi connectivity index (χ2n) is 4.77. The lowest BCUT2D eigenvalue weighted by molar-refractivity contribution is -0.137. The zero-order valence-corrected chi connectivity index (χ0v) is 10.9. The van der Waals surface area contributed by atoms with Crippen LogP contribution in [0.4, 0.5) is 13.2 Å². The molecule has 2 aromatic rings. The first kappa shape index (κ1) is 14.6. The molecule has 1 aromatic carbocycles. The average molecular weight is 284 g/mol. The van der Waals surface area contributed by atoms with Crippen molar-refractivity contribution in [1.82, 2.24) is 4.98 Å². The van der Waals surface area contributed by atoms with Crippen molar-refractivity contribution in [3.05, 3.63) is 53.2 Å². The largest absolute Gasteiger partial charge is 0.445 e. The van der Waals surface area contributed by atoms with Crippen molar-refractivity contribution in [2.75, 3.05) is 0 Å². The Morgan fingerprint density at radius 3 is 2.45 bits per heavy atom. The Bertz CT molecular complexity index is 559. The van der Waals surface area contributed by atoms with Gasteiger partial charge in [-0.3, -0.25) is 0 Å². The van der Waals surface area contributed by atoms with Gasteiger partial charge in [-0.2, -0.15) is 13.2 Å². The molecule has 0 aliphatic carbocycles. The average Bonchev–Trinajstić information content (AvgIpc) is 2.75. The molecular weight excluding hydrogens is 269 g/mol. The molecule has 0 saturated carbocycles. The van der Waals surface area contributed by atoms with E-state index in [1.165, 1.54) is 12.1 Å². The van der Waals surface area contributed by atoms with Crippen molar-refractivity contribution < 1.29 is 17.6 Å². The number of aromatic nitrogens is 1. The van der Waals surface area contributed by atoms with E-state index >= 15 is 0 Å². The van der Waals surface area contributed by atoms with Gasteiger partial charge in [0.2, 0.25) is 0 Å². The summed E-state index contributed by atoms with van der Waals surface area (Å²) in [4.78, 5) is 4.09. The van der Waals surface area contributed by atoms with Crippen LogP contribution in [0.15, 0.2) is 34.9 Å². The Hall–Kier alpha value is -1.82. The lowest BCUT2D eigenvalue weighted by Gasteiger charge is -2.06. The van der Waals surface area contributed by atoms with Crippen LogP contribution in [-0.2, 0) is 19.0 Å². The highest BCUT2D eigenvalue weighted by molar-refractivity contribution is 5.26. The van der Waals surface area contributed by atoms with E-state index in [0.717, 1.165) is 12.1 Å². The van der Waals surface area contributed by atoms with Gasteiger partial charge in [-0.1, -0.05) is 12.1 Å². The smallest absolute Gasteiger partial charge is 0.416 e. The van der Waals surface area contributed by atoms with E-state index in [9.17, 15) is 13.2 Å². The molecular formula is C14H15F3N2O. The van der Waals surface area contributed by atoms with Crippen LogP contribution in [0.25, 0.3) is 0 Å². The number of halogens is 3. The fourth-order valence-electron chi connectivity index (χ4n) is 1.83. The first-order valence-electron chi connectivity index (χ1n) is 6.20. The summed E-state index contributed by atoms with van der Waals surface area (Å²) >= 11 is 0. The SMILES string of the molecule is CC(N)Cc1cnc(Cc2ccc(C(F)(F)F)cc2)o1. The van der Waals surface area contributed by atoms with E-state index in [0.29, 0.717) is 30.1 Å². The van der Waals surface area contributed by atoms with Gasteiger partial charge in [0.15, 0.2) is 5.89 Å². The van der Waals surface area contributed by atoms with Gasteiger partial charge < -0.3 is 10.2 Å². The molecule has 0 radical (unpaired) electrons. The topological polar surface area (TPSA) is 52.0 Å². The van der Waals surface area contributed by atoms with Crippen LogP contribution >= 0.6 is 0 Å². The van der Waals surface area contributed by atoms with E-state index in [1.807, 2.05) is 6.92 Å². The van der Waals surface area contributed by atoms with Crippen LogP contribution in [0.5, 0.6) is 0 Å². The fourth-order valence-corrected chi connectivity index (χ4v) is 1.83. The summed E-state index contributed by atoms with van der Waals surface area (Å²) in [5.74, 6) is 1.15. The Morgan fingerprint density at radius 2 is 1.90 bits per heavy atom. The zero-order chi connectivity index (χ0) is 14.8. The minimum atomic E-state index is -4.31. The summed E-state index contributed by atoms with van der Waals surface area (Å²) in [5, 5.41) is 0. The highest BCUT2D eigenvalue weighted by atomic mass is 19.4. The molecule has 1 heterocycles. The second kappa shape index (κ2) is 5.66. The minimum absolute atomic E-state index is 0.0260. The maximum absolute atomic E-state index is 12.4. The number of nitrogens with two attached hydrogens (primary N) is 1. The number of hydrogen-bond donors (Lipinski definition) is 1. The monoisotopic (exact) mass is 284 g/mol. The molecule has 0 bridgehead atoms. The van der Waals surface area contributed by atoms with Crippen molar-refractivity contribution in [2.24, 2.45) is 5.73 Å². The molecule has 0 fully saturated rings. The van der Waals surface area contributed by atoms with Gasteiger partial charge in [-0.25, -0.2) is 4.98 Å². The van der Waals surface area contributed by atoms with Gasteiger partial charge in [-0.05, 0) is 24.6 Å². The molecule has 2 N–H and O–H groups in total. The zero-order valence-electron chi connectivity index (χ0n) is 10.9. The summed E-state index contributed by atoms with van der Waals surface area (Å²) in [7, 11) is 0. The number of oxazole rings is 1. The Labute approximate surface area is 114 Å². The molecule has 1 aromatic heterocycles. The van der Waals surface area contributed by atoms with Crippen LogP contribution in [0.1, 0.15) is 29.7 Å². The van der Waals surface area contributed by atoms with E-state index in [1.54, 1.807) is 6.20 Å². The predicted molar refractivity (Wildman–Crippen MR) is 68.1 cm³/mol. The number of benzene rings is 1. The van der Waals surface area contributed by atoms with E-state index < -0.39 is 11.7 Å². The van der Waals surface area contributed by atoms with Crippen molar-refractivity contribution in [1.29, 1.82) is 0 Å². The third kappa shape index (κ3) is 3.84. The first-order valence-corrected chi connectivity index (χ1v) is 6.20. The molecule has 1 unspecified atom stereocenters. The highest BCUT2D eigenvalue weighted by Gasteiger charge is 2.29.